The Labute approximate surface area is 94.9 Å². The number of hydrogen-bond acceptors (Lipinski definition) is 4. The van der Waals surface area contributed by atoms with Crippen LogP contribution in [0, 0.1) is 0 Å². The lowest BCUT2D eigenvalue weighted by Gasteiger charge is -2.20. The van der Waals surface area contributed by atoms with Crippen molar-refractivity contribution in [3.63, 3.8) is 0 Å². The molecule has 84 valence electrons. The van der Waals surface area contributed by atoms with Crippen LogP contribution >= 0.6 is 11.3 Å². The molecular weight excluding hydrogens is 208 g/mol. The van der Waals surface area contributed by atoms with Gasteiger partial charge in [-0.25, -0.2) is 4.98 Å². The lowest BCUT2D eigenvalue weighted by Crippen LogP contribution is -2.16. The molecule has 1 saturated heterocycles. The molecular formula is C11H18N2OS. The van der Waals surface area contributed by atoms with Gasteiger partial charge >= 0.3 is 0 Å². The van der Waals surface area contributed by atoms with Gasteiger partial charge in [-0.15, -0.1) is 11.3 Å². The highest BCUT2D eigenvalue weighted by Gasteiger charge is 2.18. The van der Waals surface area contributed by atoms with Gasteiger partial charge in [0.2, 0.25) is 0 Å². The Kier molecular flexibility index (Phi) is 4.11. The monoisotopic (exact) mass is 226 g/mol. The van der Waals surface area contributed by atoms with Gasteiger partial charge in [0.1, 0.15) is 5.01 Å². The minimum atomic E-state index is 0.533. The smallest absolute Gasteiger partial charge is 0.107 e. The van der Waals surface area contributed by atoms with Crippen LogP contribution < -0.4 is 5.32 Å². The standard InChI is InChI=1S/C11H18N2OS/c1-2-12-6-11-13-10(8-15-11)9-4-3-5-14-7-9/h8-9,12H,2-7H2,1H3. The van der Waals surface area contributed by atoms with Crippen molar-refractivity contribution in [1.82, 2.24) is 10.3 Å². The zero-order valence-electron chi connectivity index (χ0n) is 9.16. The first-order chi connectivity index (χ1) is 7.40. The van der Waals surface area contributed by atoms with Gasteiger partial charge in [-0.2, -0.15) is 0 Å². The van der Waals surface area contributed by atoms with Crippen LogP contribution in [0.3, 0.4) is 0 Å². The summed E-state index contributed by atoms with van der Waals surface area (Å²) >= 11 is 1.75. The molecule has 0 aromatic carbocycles. The Balaban J connectivity index is 1.93. The van der Waals surface area contributed by atoms with Gasteiger partial charge in [0.15, 0.2) is 0 Å². The van der Waals surface area contributed by atoms with Crippen LogP contribution in [0.4, 0.5) is 0 Å². The second-order valence-electron chi connectivity index (χ2n) is 3.86. The molecule has 15 heavy (non-hydrogen) atoms. The molecule has 1 atom stereocenters. The molecule has 1 aromatic heterocycles. The number of aromatic nitrogens is 1. The molecule has 1 aromatic rings. The highest BCUT2D eigenvalue weighted by atomic mass is 32.1. The first kappa shape index (κ1) is 11.0. The molecule has 3 nitrogen and oxygen atoms in total. The summed E-state index contributed by atoms with van der Waals surface area (Å²) in [6.07, 6.45) is 2.40. The fourth-order valence-electron chi connectivity index (χ4n) is 1.80. The van der Waals surface area contributed by atoms with Crippen molar-refractivity contribution in [3.8, 4) is 0 Å². The first-order valence-electron chi connectivity index (χ1n) is 5.63. The van der Waals surface area contributed by atoms with E-state index >= 15 is 0 Å². The molecule has 1 aliphatic heterocycles. The van der Waals surface area contributed by atoms with Crippen LogP contribution in [-0.4, -0.2) is 24.7 Å². The van der Waals surface area contributed by atoms with Crippen molar-refractivity contribution in [2.24, 2.45) is 0 Å². The van der Waals surface area contributed by atoms with Crippen molar-refractivity contribution in [2.45, 2.75) is 32.2 Å². The molecule has 0 amide bonds. The molecule has 0 aliphatic carbocycles. The van der Waals surface area contributed by atoms with E-state index in [9.17, 15) is 0 Å². The molecule has 0 bridgehead atoms. The lowest BCUT2D eigenvalue weighted by molar-refractivity contribution is 0.0794. The average Bonchev–Trinajstić information content (AvgIpc) is 2.76. The van der Waals surface area contributed by atoms with Gasteiger partial charge in [-0.1, -0.05) is 6.92 Å². The maximum absolute atomic E-state index is 5.48. The van der Waals surface area contributed by atoms with Crippen LogP contribution in [0.5, 0.6) is 0 Å². The molecule has 1 unspecified atom stereocenters. The SMILES string of the molecule is CCNCc1nc(C2CCCOC2)cs1. The molecule has 0 saturated carbocycles. The molecule has 0 radical (unpaired) electrons. The fraction of sp³-hybridized carbons (Fsp3) is 0.727. The number of rotatable bonds is 4. The maximum Gasteiger partial charge on any atom is 0.107 e. The third-order valence-electron chi connectivity index (χ3n) is 2.67. The van der Waals surface area contributed by atoms with Gasteiger partial charge < -0.3 is 10.1 Å². The van der Waals surface area contributed by atoms with Gasteiger partial charge in [0, 0.05) is 24.4 Å². The quantitative estimate of drug-likeness (QED) is 0.854. The van der Waals surface area contributed by atoms with Crippen molar-refractivity contribution < 1.29 is 4.74 Å². The summed E-state index contributed by atoms with van der Waals surface area (Å²) in [5, 5.41) is 6.68. The third kappa shape index (κ3) is 3.00. The van der Waals surface area contributed by atoms with Crippen molar-refractivity contribution in [1.29, 1.82) is 0 Å². The van der Waals surface area contributed by atoms with Crippen molar-refractivity contribution in [2.75, 3.05) is 19.8 Å². The maximum atomic E-state index is 5.48. The molecule has 2 heterocycles. The highest BCUT2D eigenvalue weighted by Crippen LogP contribution is 2.26. The minimum absolute atomic E-state index is 0.533. The van der Waals surface area contributed by atoms with Crippen LogP contribution in [0.25, 0.3) is 0 Å². The lowest BCUT2D eigenvalue weighted by atomic mass is 10.00. The van der Waals surface area contributed by atoms with E-state index in [4.69, 9.17) is 4.74 Å². The molecule has 2 rings (SSSR count). The summed E-state index contributed by atoms with van der Waals surface area (Å²) < 4.78 is 5.48. The Morgan fingerprint density at radius 3 is 3.33 bits per heavy atom. The molecule has 0 spiro atoms. The third-order valence-corrected chi connectivity index (χ3v) is 3.54. The largest absolute Gasteiger partial charge is 0.381 e. The van der Waals surface area contributed by atoms with Gasteiger partial charge in [0.25, 0.3) is 0 Å². The summed E-state index contributed by atoms with van der Waals surface area (Å²) in [5.74, 6) is 0.533. The van der Waals surface area contributed by atoms with E-state index in [1.54, 1.807) is 11.3 Å². The van der Waals surface area contributed by atoms with E-state index in [-0.39, 0.29) is 0 Å². The molecule has 4 heteroatoms. The Bertz CT molecular complexity index is 295. The van der Waals surface area contributed by atoms with Crippen molar-refractivity contribution in [3.05, 3.63) is 16.1 Å². The number of ether oxygens (including phenoxy) is 1. The van der Waals surface area contributed by atoms with E-state index < -0.39 is 0 Å². The normalized spacial score (nSPS) is 21.8. The molecule has 1 N–H and O–H groups in total. The predicted octanol–water partition coefficient (Wildman–Crippen LogP) is 2.15. The number of hydrogen-bond donors (Lipinski definition) is 1. The Morgan fingerprint density at radius 1 is 1.67 bits per heavy atom. The molecule has 1 aliphatic rings. The number of thiazole rings is 1. The van der Waals surface area contributed by atoms with Crippen LogP contribution in [0.2, 0.25) is 0 Å². The van der Waals surface area contributed by atoms with Crippen LogP contribution in [0.15, 0.2) is 5.38 Å². The first-order valence-corrected chi connectivity index (χ1v) is 6.51. The summed E-state index contributed by atoms with van der Waals surface area (Å²) in [5.41, 5.74) is 1.23. The Hall–Kier alpha value is -0.450. The zero-order chi connectivity index (χ0) is 10.5. The minimum Gasteiger partial charge on any atom is -0.381 e. The summed E-state index contributed by atoms with van der Waals surface area (Å²) in [6.45, 7) is 5.79. The number of nitrogens with zero attached hydrogens (tertiary/aromatic N) is 1. The fourth-order valence-corrected chi connectivity index (χ4v) is 2.65. The van der Waals surface area contributed by atoms with E-state index in [0.717, 1.165) is 26.3 Å². The van der Waals surface area contributed by atoms with E-state index in [1.165, 1.54) is 23.5 Å². The highest BCUT2D eigenvalue weighted by molar-refractivity contribution is 7.09. The second-order valence-corrected chi connectivity index (χ2v) is 4.80. The van der Waals surface area contributed by atoms with Gasteiger partial charge in [-0.3, -0.25) is 0 Å². The van der Waals surface area contributed by atoms with Crippen LogP contribution in [-0.2, 0) is 11.3 Å². The van der Waals surface area contributed by atoms with Gasteiger partial charge in [-0.05, 0) is 19.4 Å². The summed E-state index contributed by atoms with van der Waals surface area (Å²) in [7, 11) is 0. The second kappa shape index (κ2) is 5.58. The van der Waals surface area contributed by atoms with E-state index in [1.807, 2.05) is 0 Å². The topological polar surface area (TPSA) is 34.2 Å². The van der Waals surface area contributed by atoms with Crippen LogP contribution in [0.1, 0.15) is 36.4 Å². The Morgan fingerprint density at radius 2 is 2.60 bits per heavy atom. The zero-order valence-corrected chi connectivity index (χ0v) is 9.98. The predicted molar refractivity (Wildman–Crippen MR) is 62.3 cm³/mol. The average molecular weight is 226 g/mol. The molecule has 1 fully saturated rings. The van der Waals surface area contributed by atoms with Crippen molar-refractivity contribution >= 4 is 11.3 Å². The van der Waals surface area contributed by atoms with E-state index in [2.05, 4.69) is 22.6 Å². The summed E-state index contributed by atoms with van der Waals surface area (Å²) in [6, 6.07) is 0. The van der Waals surface area contributed by atoms with E-state index in [0.29, 0.717) is 5.92 Å². The van der Waals surface area contributed by atoms with Gasteiger partial charge in [0.05, 0.1) is 12.3 Å². The summed E-state index contributed by atoms with van der Waals surface area (Å²) in [4.78, 5) is 4.65. The number of nitrogens with one attached hydrogen (secondary N) is 1.